The van der Waals surface area contributed by atoms with Crippen LogP contribution in [0.3, 0.4) is 0 Å². The van der Waals surface area contributed by atoms with Gasteiger partial charge in [0.1, 0.15) is 6.61 Å². The second-order valence-corrected chi connectivity index (χ2v) is 6.21. The molecule has 3 N–H and O–H groups in total. The molecule has 0 radical (unpaired) electrons. The molecule has 2 aromatic rings. The topological polar surface area (TPSA) is 99.2 Å². The Balaban J connectivity index is 1.66. The Morgan fingerprint density at radius 1 is 1.20 bits per heavy atom. The number of hydrogen-bond acceptors (Lipinski definition) is 4. The van der Waals surface area contributed by atoms with Crippen molar-refractivity contribution < 1.29 is 14.3 Å². The highest BCUT2D eigenvalue weighted by Gasteiger charge is 2.22. The van der Waals surface area contributed by atoms with Crippen molar-refractivity contribution in [1.82, 2.24) is 9.78 Å². The summed E-state index contributed by atoms with van der Waals surface area (Å²) in [4.78, 5) is 23.7. The lowest BCUT2D eigenvalue weighted by Gasteiger charge is -2.21. The first-order chi connectivity index (χ1) is 12.1. The van der Waals surface area contributed by atoms with Crippen LogP contribution in [0.1, 0.15) is 54.2 Å². The van der Waals surface area contributed by atoms with Crippen LogP contribution in [-0.4, -0.2) is 21.8 Å². The fourth-order valence-corrected chi connectivity index (χ4v) is 3.07. The molecule has 2 amide bonds. The van der Waals surface area contributed by atoms with Gasteiger partial charge in [-0.1, -0.05) is 49.6 Å². The van der Waals surface area contributed by atoms with Gasteiger partial charge in [0, 0.05) is 6.20 Å². The number of primary amides is 1. The fraction of sp³-hybridized carbons (Fsp3) is 0.389. The van der Waals surface area contributed by atoms with E-state index in [1.807, 2.05) is 30.3 Å². The smallest absolute Gasteiger partial charge is 0.412 e. The third-order valence-corrected chi connectivity index (χ3v) is 4.36. The minimum Gasteiger partial charge on any atom is -0.444 e. The zero-order valence-corrected chi connectivity index (χ0v) is 14.0. The second kappa shape index (κ2) is 7.83. The number of amides is 2. The average Bonchev–Trinajstić information content (AvgIpc) is 3.06. The molecule has 0 atom stereocenters. The summed E-state index contributed by atoms with van der Waals surface area (Å²) in [6.07, 6.45) is 6.54. The van der Waals surface area contributed by atoms with Crippen LogP contribution < -0.4 is 11.1 Å². The maximum atomic E-state index is 12.0. The largest absolute Gasteiger partial charge is 0.444 e. The molecule has 25 heavy (non-hydrogen) atoms. The minimum absolute atomic E-state index is 0.0576. The van der Waals surface area contributed by atoms with E-state index in [9.17, 15) is 9.59 Å². The molecule has 1 fully saturated rings. The molecular formula is C18H22N4O3. The molecule has 0 bridgehead atoms. The van der Waals surface area contributed by atoms with Gasteiger partial charge < -0.3 is 10.5 Å². The Bertz CT molecular complexity index is 736. The third kappa shape index (κ3) is 4.37. The standard InChI is InChI=1S/C18H22N4O3/c19-17(23)16-15(11-22(21-16)14-9-5-2-6-10-14)20-18(24)25-12-13-7-3-1-4-8-13/h1,3-4,7-8,11,14H,2,5-6,9-10,12H2,(H2,19,23)(H,20,24). The highest BCUT2D eigenvalue weighted by molar-refractivity contribution is 5.99. The lowest BCUT2D eigenvalue weighted by atomic mass is 9.96. The van der Waals surface area contributed by atoms with E-state index in [1.165, 1.54) is 6.42 Å². The summed E-state index contributed by atoms with van der Waals surface area (Å²) < 4.78 is 6.92. The number of anilines is 1. The third-order valence-electron chi connectivity index (χ3n) is 4.36. The van der Waals surface area contributed by atoms with Crippen LogP contribution in [0.2, 0.25) is 0 Å². The number of hydrogen-bond donors (Lipinski definition) is 2. The molecule has 132 valence electrons. The van der Waals surface area contributed by atoms with E-state index in [4.69, 9.17) is 10.5 Å². The molecule has 0 spiro atoms. The number of ether oxygens (including phenoxy) is 1. The van der Waals surface area contributed by atoms with Crippen LogP contribution in [0, 0.1) is 0 Å². The number of nitrogens with zero attached hydrogens (tertiary/aromatic N) is 2. The fourth-order valence-electron chi connectivity index (χ4n) is 3.07. The zero-order valence-electron chi connectivity index (χ0n) is 14.0. The quantitative estimate of drug-likeness (QED) is 0.871. The van der Waals surface area contributed by atoms with Crippen LogP contribution in [-0.2, 0) is 11.3 Å². The molecule has 1 saturated carbocycles. The van der Waals surface area contributed by atoms with Crippen molar-refractivity contribution >= 4 is 17.7 Å². The van der Waals surface area contributed by atoms with E-state index in [-0.39, 0.29) is 24.0 Å². The summed E-state index contributed by atoms with van der Waals surface area (Å²) in [5, 5.41) is 6.85. The molecule has 0 unspecified atom stereocenters. The molecular weight excluding hydrogens is 320 g/mol. The average molecular weight is 342 g/mol. The molecule has 0 aliphatic heterocycles. The normalized spacial score (nSPS) is 14.9. The second-order valence-electron chi connectivity index (χ2n) is 6.21. The maximum absolute atomic E-state index is 12.0. The lowest BCUT2D eigenvalue weighted by molar-refractivity contribution is 0.0995. The van der Waals surface area contributed by atoms with Gasteiger partial charge in [-0.05, 0) is 18.4 Å². The molecule has 7 nitrogen and oxygen atoms in total. The minimum atomic E-state index is -0.673. The number of aromatic nitrogens is 2. The van der Waals surface area contributed by atoms with Crippen LogP contribution >= 0.6 is 0 Å². The van der Waals surface area contributed by atoms with Crippen LogP contribution in [0.5, 0.6) is 0 Å². The van der Waals surface area contributed by atoms with Crippen LogP contribution in [0.25, 0.3) is 0 Å². The van der Waals surface area contributed by atoms with E-state index in [1.54, 1.807) is 10.9 Å². The Labute approximate surface area is 146 Å². The van der Waals surface area contributed by atoms with Gasteiger partial charge in [-0.3, -0.25) is 14.8 Å². The SMILES string of the molecule is NC(=O)c1nn(C2CCCCC2)cc1NC(=O)OCc1ccccc1. The van der Waals surface area contributed by atoms with Crippen molar-refractivity contribution in [3.63, 3.8) is 0 Å². The Kier molecular flexibility index (Phi) is 5.33. The molecule has 1 aliphatic rings. The van der Waals surface area contributed by atoms with Gasteiger partial charge in [0.15, 0.2) is 5.69 Å². The van der Waals surface area contributed by atoms with E-state index >= 15 is 0 Å². The molecule has 0 saturated heterocycles. The molecule has 7 heteroatoms. The summed E-state index contributed by atoms with van der Waals surface area (Å²) in [7, 11) is 0. The number of nitrogens with two attached hydrogens (primary N) is 1. The molecule has 3 rings (SSSR count). The summed E-state index contributed by atoms with van der Waals surface area (Å²) >= 11 is 0. The number of carbonyl (C=O) groups excluding carboxylic acids is 2. The van der Waals surface area contributed by atoms with E-state index < -0.39 is 12.0 Å². The van der Waals surface area contributed by atoms with E-state index in [0.717, 1.165) is 31.2 Å². The van der Waals surface area contributed by atoms with Gasteiger partial charge in [0.2, 0.25) is 0 Å². The van der Waals surface area contributed by atoms with Crippen molar-refractivity contribution in [2.75, 3.05) is 5.32 Å². The van der Waals surface area contributed by atoms with Gasteiger partial charge in [-0.2, -0.15) is 5.10 Å². The number of benzene rings is 1. The summed E-state index contributed by atoms with van der Waals surface area (Å²) in [6.45, 7) is 0.148. The molecule has 1 heterocycles. The van der Waals surface area contributed by atoms with Crippen molar-refractivity contribution in [2.24, 2.45) is 5.73 Å². The highest BCUT2D eigenvalue weighted by atomic mass is 16.5. The van der Waals surface area contributed by atoms with E-state index in [2.05, 4.69) is 10.4 Å². The summed E-state index contributed by atoms with van der Waals surface area (Å²) in [5.74, 6) is -0.673. The molecule has 1 aliphatic carbocycles. The summed E-state index contributed by atoms with van der Waals surface area (Å²) in [5.41, 5.74) is 6.62. The first-order valence-corrected chi connectivity index (χ1v) is 8.50. The Morgan fingerprint density at radius 3 is 2.60 bits per heavy atom. The van der Waals surface area contributed by atoms with Gasteiger partial charge in [0.05, 0.1) is 11.7 Å². The van der Waals surface area contributed by atoms with Gasteiger partial charge in [-0.15, -0.1) is 0 Å². The zero-order chi connectivity index (χ0) is 17.6. The number of carbonyl (C=O) groups is 2. The van der Waals surface area contributed by atoms with Crippen molar-refractivity contribution in [3.8, 4) is 0 Å². The molecule has 1 aromatic heterocycles. The maximum Gasteiger partial charge on any atom is 0.412 e. The lowest BCUT2D eigenvalue weighted by Crippen LogP contribution is -2.19. The Morgan fingerprint density at radius 2 is 1.92 bits per heavy atom. The summed E-state index contributed by atoms with van der Waals surface area (Å²) in [6, 6.07) is 9.60. The predicted octanol–water partition coefficient (Wildman–Crippen LogP) is 3.24. The molecule has 1 aromatic carbocycles. The van der Waals surface area contributed by atoms with Crippen molar-refractivity contribution in [2.45, 2.75) is 44.8 Å². The van der Waals surface area contributed by atoms with Crippen molar-refractivity contribution in [3.05, 3.63) is 47.8 Å². The Hall–Kier alpha value is -2.83. The van der Waals surface area contributed by atoms with Crippen LogP contribution in [0.4, 0.5) is 10.5 Å². The van der Waals surface area contributed by atoms with Gasteiger partial charge in [-0.25, -0.2) is 4.79 Å². The first kappa shape index (κ1) is 17.0. The number of nitrogens with one attached hydrogen (secondary N) is 1. The monoisotopic (exact) mass is 342 g/mol. The predicted molar refractivity (Wildman–Crippen MR) is 93.1 cm³/mol. The van der Waals surface area contributed by atoms with Gasteiger partial charge in [0.25, 0.3) is 5.91 Å². The highest BCUT2D eigenvalue weighted by Crippen LogP contribution is 2.29. The van der Waals surface area contributed by atoms with E-state index in [0.29, 0.717) is 0 Å². The van der Waals surface area contributed by atoms with Gasteiger partial charge >= 0.3 is 6.09 Å². The van der Waals surface area contributed by atoms with Crippen molar-refractivity contribution in [1.29, 1.82) is 0 Å². The van der Waals surface area contributed by atoms with Crippen LogP contribution in [0.15, 0.2) is 36.5 Å². The number of rotatable bonds is 5. The first-order valence-electron chi connectivity index (χ1n) is 8.50.